The first-order valence-electron chi connectivity index (χ1n) is 9.45. The van der Waals surface area contributed by atoms with Crippen LogP contribution in [0.2, 0.25) is 0 Å². The van der Waals surface area contributed by atoms with Gasteiger partial charge < -0.3 is 0 Å². The van der Waals surface area contributed by atoms with Gasteiger partial charge >= 0.3 is 0 Å². The van der Waals surface area contributed by atoms with Crippen LogP contribution in [0.5, 0.6) is 0 Å². The van der Waals surface area contributed by atoms with Crippen molar-refractivity contribution in [1.29, 1.82) is 0 Å². The highest BCUT2D eigenvalue weighted by molar-refractivity contribution is 6.06. The fourth-order valence-electron chi connectivity index (χ4n) is 6.10. The van der Waals surface area contributed by atoms with Crippen LogP contribution in [0.4, 0.5) is 0 Å². The molecule has 6 heteroatoms. The summed E-state index contributed by atoms with van der Waals surface area (Å²) in [5.41, 5.74) is 2.32. The van der Waals surface area contributed by atoms with E-state index in [0.717, 1.165) is 24.0 Å². The van der Waals surface area contributed by atoms with Crippen molar-refractivity contribution >= 4 is 23.6 Å². The van der Waals surface area contributed by atoms with Gasteiger partial charge in [0, 0.05) is 14.1 Å². The van der Waals surface area contributed by atoms with Crippen LogP contribution in [-0.4, -0.2) is 47.5 Å². The van der Waals surface area contributed by atoms with Gasteiger partial charge in [0.05, 0.1) is 23.7 Å². The summed E-state index contributed by atoms with van der Waals surface area (Å²) in [4.78, 5) is 52.5. The average Bonchev–Trinajstić information content (AvgIpc) is 3.02. The van der Waals surface area contributed by atoms with E-state index in [1.807, 2.05) is 0 Å². The van der Waals surface area contributed by atoms with Gasteiger partial charge in [-0.25, -0.2) is 0 Å². The quantitative estimate of drug-likeness (QED) is 0.611. The van der Waals surface area contributed by atoms with Crippen molar-refractivity contribution in [2.75, 3.05) is 14.1 Å². The first kappa shape index (κ1) is 16.0. The summed E-state index contributed by atoms with van der Waals surface area (Å²) in [5.74, 6) is -1.07. The Labute approximate surface area is 151 Å². The predicted octanol–water partition coefficient (Wildman–Crippen LogP) is 1.13. The molecule has 0 spiro atoms. The highest BCUT2D eigenvalue weighted by atomic mass is 16.2. The van der Waals surface area contributed by atoms with Gasteiger partial charge in [0.1, 0.15) is 0 Å². The standard InChI is InChI=1S/C20H22N2O4/c1-21-17(23)13-7-3-9-10-4-8-14-16(20(26)22(2)18(14)24)12(10)6-5-11(9)15(13)19(21)25/h3-4,11-16H,5-8H2,1-2H3/t11-,12-,13+,14+,15-,16-/m0/s1. The molecule has 6 nitrogen and oxygen atoms in total. The average molecular weight is 354 g/mol. The third-order valence-corrected chi connectivity index (χ3v) is 7.37. The predicted molar refractivity (Wildman–Crippen MR) is 91.1 cm³/mol. The van der Waals surface area contributed by atoms with Crippen molar-refractivity contribution in [3.05, 3.63) is 23.3 Å². The van der Waals surface area contributed by atoms with Gasteiger partial charge in [-0.15, -0.1) is 0 Å². The molecule has 26 heavy (non-hydrogen) atoms. The van der Waals surface area contributed by atoms with Gasteiger partial charge in [-0.05, 0) is 48.7 Å². The molecule has 2 aliphatic heterocycles. The molecule has 0 aromatic carbocycles. The van der Waals surface area contributed by atoms with E-state index in [1.165, 1.54) is 9.80 Å². The third-order valence-electron chi connectivity index (χ3n) is 7.37. The molecule has 2 saturated heterocycles. The number of rotatable bonds is 0. The summed E-state index contributed by atoms with van der Waals surface area (Å²) in [6.07, 6.45) is 7.04. The number of likely N-dealkylation sites (tertiary alicyclic amines) is 2. The molecule has 4 amide bonds. The second kappa shape index (κ2) is 5.15. The smallest absolute Gasteiger partial charge is 0.233 e. The van der Waals surface area contributed by atoms with Crippen LogP contribution in [0.1, 0.15) is 25.7 Å². The van der Waals surface area contributed by atoms with E-state index in [0.29, 0.717) is 12.8 Å². The number of fused-ring (bicyclic) bond motifs is 7. The van der Waals surface area contributed by atoms with E-state index in [9.17, 15) is 19.2 Å². The van der Waals surface area contributed by atoms with E-state index < -0.39 is 0 Å². The van der Waals surface area contributed by atoms with Gasteiger partial charge in [-0.3, -0.25) is 29.0 Å². The Morgan fingerprint density at radius 1 is 0.654 bits per heavy atom. The molecule has 136 valence electrons. The molecule has 5 aliphatic rings. The largest absolute Gasteiger partial charge is 0.285 e. The molecule has 0 N–H and O–H groups in total. The highest BCUT2D eigenvalue weighted by Crippen LogP contribution is 2.55. The number of nitrogens with zero attached hydrogens (tertiary/aromatic N) is 2. The van der Waals surface area contributed by atoms with Gasteiger partial charge in [0.15, 0.2) is 0 Å². The molecule has 0 aromatic heterocycles. The number of imide groups is 2. The fourth-order valence-corrected chi connectivity index (χ4v) is 6.10. The normalized spacial score (nSPS) is 41.5. The zero-order chi connectivity index (χ0) is 18.3. The van der Waals surface area contributed by atoms with E-state index in [-0.39, 0.29) is 59.1 Å². The van der Waals surface area contributed by atoms with Gasteiger partial charge in [-0.2, -0.15) is 0 Å². The van der Waals surface area contributed by atoms with Crippen LogP contribution >= 0.6 is 0 Å². The van der Waals surface area contributed by atoms with E-state index in [2.05, 4.69) is 12.2 Å². The second-order valence-electron chi connectivity index (χ2n) is 8.32. The summed E-state index contributed by atoms with van der Waals surface area (Å²) in [5, 5.41) is 0. The number of carbonyl (C=O) groups is 4. The Bertz CT molecular complexity index is 758. The molecule has 0 unspecified atom stereocenters. The van der Waals surface area contributed by atoms with Crippen molar-refractivity contribution in [2.45, 2.75) is 25.7 Å². The van der Waals surface area contributed by atoms with Crippen molar-refractivity contribution in [3.63, 3.8) is 0 Å². The van der Waals surface area contributed by atoms with Crippen LogP contribution in [0.25, 0.3) is 0 Å². The summed E-state index contributed by atoms with van der Waals surface area (Å²) in [7, 11) is 3.16. The Balaban J connectivity index is 1.52. The number of hydrogen-bond donors (Lipinski definition) is 0. The zero-order valence-electron chi connectivity index (χ0n) is 15.0. The lowest BCUT2D eigenvalue weighted by molar-refractivity contribution is -0.140. The van der Waals surface area contributed by atoms with Crippen LogP contribution < -0.4 is 0 Å². The van der Waals surface area contributed by atoms with Crippen LogP contribution in [-0.2, 0) is 19.2 Å². The maximum Gasteiger partial charge on any atom is 0.233 e. The molecular formula is C20H22N2O4. The number of amides is 4. The fraction of sp³-hybridized carbons (Fsp3) is 0.600. The number of allylic oxidation sites excluding steroid dienone is 4. The molecule has 2 heterocycles. The first-order chi connectivity index (χ1) is 12.4. The van der Waals surface area contributed by atoms with Crippen LogP contribution in [0.3, 0.4) is 0 Å². The van der Waals surface area contributed by atoms with E-state index >= 15 is 0 Å². The summed E-state index contributed by atoms with van der Waals surface area (Å²) in [6, 6.07) is 0. The maximum atomic E-state index is 12.6. The molecule has 1 saturated carbocycles. The van der Waals surface area contributed by atoms with Gasteiger partial charge in [0.25, 0.3) is 0 Å². The monoisotopic (exact) mass is 354 g/mol. The Morgan fingerprint density at radius 3 is 1.42 bits per heavy atom. The van der Waals surface area contributed by atoms with Crippen molar-refractivity contribution in [2.24, 2.45) is 35.5 Å². The maximum absolute atomic E-state index is 12.6. The molecular weight excluding hydrogens is 332 g/mol. The topological polar surface area (TPSA) is 74.8 Å². The Morgan fingerprint density at radius 2 is 1.04 bits per heavy atom. The molecule has 0 bridgehead atoms. The molecule has 6 atom stereocenters. The Kier molecular flexibility index (Phi) is 3.16. The minimum atomic E-state index is -0.254. The number of hydrogen-bond acceptors (Lipinski definition) is 4. The highest BCUT2D eigenvalue weighted by Gasteiger charge is 2.57. The first-order valence-corrected chi connectivity index (χ1v) is 9.45. The summed E-state index contributed by atoms with van der Waals surface area (Å²) in [6.45, 7) is 0. The molecule has 0 aromatic rings. The minimum absolute atomic E-state index is 0.0600. The molecule has 0 radical (unpaired) electrons. The van der Waals surface area contributed by atoms with E-state index in [1.54, 1.807) is 14.1 Å². The minimum Gasteiger partial charge on any atom is -0.285 e. The lowest BCUT2D eigenvalue weighted by Crippen LogP contribution is -2.40. The van der Waals surface area contributed by atoms with Crippen molar-refractivity contribution in [1.82, 2.24) is 9.80 Å². The van der Waals surface area contributed by atoms with Crippen LogP contribution in [0, 0.1) is 35.5 Å². The van der Waals surface area contributed by atoms with Crippen molar-refractivity contribution in [3.8, 4) is 0 Å². The lowest BCUT2D eigenvalue weighted by Gasteiger charge is -2.44. The van der Waals surface area contributed by atoms with Crippen LogP contribution in [0.15, 0.2) is 23.3 Å². The second-order valence-corrected chi connectivity index (χ2v) is 8.32. The molecule has 3 aliphatic carbocycles. The van der Waals surface area contributed by atoms with Crippen molar-refractivity contribution < 1.29 is 19.2 Å². The number of carbonyl (C=O) groups excluding carboxylic acids is 4. The third kappa shape index (κ3) is 1.77. The van der Waals surface area contributed by atoms with Gasteiger partial charge in [-0.1, -0.05) is 12.2 Å². The Hall–Kier alpha value is -2.24. The SMILES string of the molecule is CN1C(=O)[C@@H]2[C@@H](CC=C3C4=CC[C@H]5C(=O)N(C)C(=O)[C@H]5[C@H]4CC[C@@H]32)C1=O. The van der Waals surface area contributed by atoms with Gasteiger partial charge in [0.2, 0.25) is 23.6 Å². The lowest BCUT2D eigenvalue weighted by atomic mass is 9.58. The molecule has 3 fully saturated rings. The zero-order valence-corrected chi connectivity index (χ0v) is 15.0. The summed E-state index contributed by atoms with van der Waals surface area (Å²) < 4.78 is 0. The molecule has 5 rings (SSSR count). The summed E-state index contributed by atoms with van der Waals surface area (Å²) >= 11 is 0. The van der Waals surface area contributed by atoms with E-state index in [4.69, 9.17) is 0 Å².